The molecule has 2 aromatic heterocycles. The zero-order chi connectivity index (χ0) is 15.9. The van der Waals surface area contributed by atoms with Crippen LogP contribution in [0.2, 0.25) is 0 Å². The van der Waals surface area contributed by atoms with Crippen molar-refractivity contribution in [2.75, 3.05) is 30.3 Å². The monoisotopic (exact) mass is 313 g/mol. The van der Waals surface area contributed by atoms with Gasteiger partial charge in [0.05, 0.1) is 0 Å². The number of carbonyl (C=O) groups excluding carboxylic acids is 1. The van der Waals surface area contributed by atoms with Crippen LogP contribution < -0.4 is 10.6 Å². The van der Waals surface area contributed by atoms with Crippen molar-refractivity contribution in [1.29, 1.82) is 0 Å². The molecule has 8 heteroatoms. The molecule has 1 amide bonds. The lowest BCUT2D eigenvalue weighted by molar-refractivity contribution is -0.127. The smallest absolute Gasteiger partial charge is 0.230 e. The molecule has 2 aromatic rings. The predicted molar refractivity (Wildman–Crippen MR) is 86.3 cm³/mol. The minimum Gasteiger partial charge on any atom is -0.370 e. The fourth-order valence-corrected chi connectivity index (χ4v) is 2.42. The molecule has 8 nitrogen and oxygen atoms in total. The van der Waals surface area contributed by atoms with Crippen LogP contribution in [0.25, 0.3) is 0 Å². The Balaban J connectivity index is 1.47. The zero-order valence-electron chi connectivity index (χ0n) is 12.8. The van der Waals surface area contributed by atoms with E-state index in [9.17, 15) is 4.79 Å². The number of nitrogens with one attached hydrogen (secondary N) is 2. The van der Waals surface area contributed by atoms with Gasteiger partial charge in [0.2, 0.25) is 11.9 Å². The number of hydrogen-bond acceptors (Lipinski definition) is 7. The van der Waals surface area contributed by atoms with Gasteiger partial charge in [-0.05, 0) is 25.0 Å². The van der Waals surface area contributed by atoms with E-state index in [0.717, 1.165) is 38.3 Å². The second-order valence-corrected chi connectivity index (χ2v) is 5.25. The molecule has 120 valence electrons. The summed E-state index contributed by atoms with van der Waals surface area (Å²) < 4.78 is 0. The van der Waals surface area contributed by atoms with Gasteiger partial charge in [0.15, 0.2) is 0 Å². The molecule has 3 heterocycles. The Kier molecular flexibility index (Phi) is 4.92. The molecule has 0 radical (unpaired) electrons. The van der Waals surface area contributed by atoms with E-state index in [1.807, 2.05) is 11.0 Å². The van der Waals surface area contributed by atoms with E-state index in [-0.39, 0.29) is 5.91 Å². The Hall–Kier alpha value is -2.77. The largest absolute Gasteiger partial charge is 0.370 e. The van der Waals surface area contributed by atoms with E-state index in [2.05, 4.69) is 30.6 Å². The molecule has 0 unspecified atom stereocenters. The van der Waals surface area contributed by atoms with Gasteiger partial charge in [-0.25, -0.2) is 15.0 Å². The Morgan fingerprint density at radius 2 is 2.09 bits per heavy atom. The lowest BCUT2D eigenvalue weighted by Crippen LogP contribution is -2.27. The Morgan fingerprint density at radius 3 is 2.87 bits per heavy atom. The van der Waals surface area contributed by atoms with Gasteiger partial charge >= 0.3 is 0 Å². The predicted octanol–water partition coefficient (Wildman–Crippen LogP) is 1.43. The summed E-state index contributed by atoms with van der Waals surface area (Å²) in [5.41, 5.74) is 0. The third kappa shape index (κ3) is 4.35. The lowest BCUT2D eigenvalue weighted by Gasteiger charge is -2.15. The first kappa shape index (κ1) is 15.1. The van der Waals surface area contributed by atoms with E-state index < -0.39 is 0 Å². The van der Waals surface area contributed by atoms with E-state index in [1.165, 1.54) is 6.33 Å². The van der Waals surface area contributed by atoms with Crippen LogP contribution in [-0.2, 0) is 4.79 Å². The minimum atomic E-state index is 0.267. The normalized spacial score (nSPS) is 14.1. The maximum absolute atomic E-state index is 11.5. The van der Waals surface area contributed by atoms with Crippen molar-refractivity contribution < 1.29 is 4.79 Å². The van der Waals surface area contributed by atoms with Crippen LogP contribution >= 0.6 is 0 Å². The summed E-state index contributed by atoms with van der Waals surface area (Å²) in [5, 5.41) is 6.27. The average molecular weight is 313 g/mol. The van der Waals surface area contributed by atoms with Crippen molar-refractivity contribution in [2.24, 2.45) is 0 Å². The van der Waals surface area contributed by atoms with Crippen molar-refractivity contribution in [3.8, 4) is 0 Å². The van der Waals surface area contributed by atoms with Crippen molar-refractivity contribution >= 4 is 23.5 Å². The molecule has 0 atom stereocenters. The number of carbonyl (C=O) groups is 1. The Labute approximate surface area is 134 Å². The average Bonchev–Trinajstić information content (AvgIpc) is 2.98. The quantitative estimate of drug-likeness (QED) is 0.746. The van der Waals surface area contributed by atoms with Gasteiger partial charge in [0, 0.05) is 38.4 Å². The van der Waals surface area contributed by atoms with Crippen LogP contribution in [0.1, 0.15) is 19.3 Å². The van der Waals surface area contributed by atoms with Gasteiger partial charge < -0.3 is 15.5 Å². The zero-order valence-corrected chi connectivity index (χ0v) is 12.8. The molecule has 1 aliphatic rings. The van der Waals surface area contributed by atoms with Gasteiger partial charge in [-0.1, -0.05) is 0 Å². The van der Waals surface area contributed by atoms with E-state index in [0.29, 0.717) is 18.2 Å². The molecule has 0 aliphatic carbocycles. The van der Waals surface area contributed by atoms with Crippen LogP contribution in [0.3, 0.4) is 0 Å². The van der Waals surface area contributed by atoms with Crippen molar-refractivity contribution in [2.45, 2.75) is 19.3 Å². The summed E-state index contributed by atoms with van der Waals surface area (Å²) in [7, 11) is 0. The molecular weight excluding hydrogens is 294 g/mol. The highest BCUT2D eigenvalue weighted by Gasteiger charge is 2.18. The number of nitrogens with zero attached hydrogens (tertiary/aromatic N) is 5. The third-order valence-electron chi connectivity index (χ3n) is 3.56. The van der Waals surface area contributed by atoms with E-state index in [4.69, 9.17) is 0 Å². The first-order valence-corrected chi connectivity index (χ1v) is 7.69. The van der Waals surface area contributed by atoms with Crippen LogP contribution in [-0.4, -0.2) is 50.4 Å². The number of hydrogen-bond donors (Lipinski definition) is 2. The van der Waals surface area contributed by atoms with Crippen molar-refractivity contribution in [3.05, 3.63) is 30.9 Å². The fraction of sp³-hybridized carbons (Fsp3) is 0.400. The number of anilines is 3. The molecule has 1 aliphatic heterocycles. The summed E-state index contributed by atoms with van der Waals surface area (Å²) in [6.45, 7) is 2.44. The molecule has 23 heavy (non-hydrogen) atoms. The maximum atomic E-state index is 11.5. The molecule has 0 spiro atoms. The highest BCUT2D eigenvalue weighted by Crippen LogP contribution is 2.12. The topological polar surface area (TPSA) is 95.9 Å². The van der Waals surface area contributed by atoms with E-state index >= 15 is 0 Å². The lowest BCUT2D eigenvalue weighted by atomic mass is 10.4. The number of likely N-dealkylation sites (tertiary alicyclic amines) is 1. The van der Waals surface area contributed by atoms with Gasteiger partial charge in [-0.2, -0.15) is 4.98 Å². The number of rotatable bonds is 7. The van der Waals surface area contributed by atoms with Gasteiger partial charge in [-0.3, -0.25) is 4.79 Å². The second kappa shape index (κ2) is 7.48. The SMILES string of the molecule is O=C1CCCN1CCCNc1ccnc(Nc2ccncn2)n1. The standard InChI is InChI=1S/C15H19N7O/c23-14-3-1-9-22(14)10-2-6-17-12-5-8-18-15(20-12)21-13-4-7-16-11-19-13/h4-5,7-8,11H,1-3,6,9-10H2,(H2,16,17,18,19,20,21). The summed E-state index contributed by atoms with van der Waals surface area (Å²) in [4.78, 5) is 29.9. The van der Waals surface area contributed by atoms with Gasteiger partial charge in [-0.15, -0.1) is 0 Å². The van der Waals surface area contributed by atoms with Crippen LogP contribution in [0.5, 0.6) is 0 Å². The molecule has 1 fully saturated rings. The molecule has 0 aromatic carbocycles. The summed E-state index contributed by atoms with van der Waals surface area (Å²) in [6.07, 6.45) is 7.36. The Bertz CT molecular complexity index is 649. The highest BCUT2D eigenvalue weighted by molar-refractivity contribution is 5.78. The highest BCUT2D eigenvalue weighted by atomic mass is 16.2. The Morgan fingerprint density at radius 1 is 1.17 bits per heavy atom. The third-order valence-corrected chi connectivity index (χ3v) is 3.56. The van der Waals surface area contributed by atoms with Crippen LogP contribution in [0.4, 0.5) is 17.6 Å². The molecule has 3 rings (SSSR count). The van der Waals surface area contributed by atoms with Crippen molar-refractivity contribution in [3.63, 3.8) is 0 Å². The summed E-state index contributed by atoms with van der Waals surface area (Å²) in [5.74, 6) is 2.13. The van der Waals surface area contributed by atoms with Crippen LogP contribution in [0.15, 0.2) is 30.9 Å². The molecule has 1 saturated heterocycles. The first-order valence-electron chi connectivity index (χ1n) is 7.69. The molecule has 0 saturated carbocycles. The van der Waals surface area contributed by atoms with Gasteiger partial charge in [0.1, 0.15) is 18.0 Å². The summed E-state index contributed by atoms with van der Waals surface area (Å²) >= 11 is 0. The van der Waals surface area contributed by atoms with Crippen LogP contribution in [0, 0.1) is 0 Å². The minimum absolute atomic E-state index is 0.267. The molecule has 0 bridgehead atoms. The van der Waals surface area contributed by atoms with Gasteiger partial charge in [0.25, 0.3) is 0 Å². The maximum Gasteiger partial charge on any atom is 0.230 e. The number of aromatic nitrogens is 4. The number of amides is 1. The van der Waals surface area contributed by atoms with E-state index in [1.54, 1.807) is 18.5 Å². The fourth-order valence-electron chi connectivity index (χ4n) is 2.42. The molecular formula is C15H19N7O. The molecule has 2 N–H and O–H groups in total. The summed E-state index contributed by atoms with van der Waals surface area (Å²) in [6, 6.07) is 3.56. The first-order chi connectivity index (χ1) is 11.3. The second-order valence-electron chi connectivity index (χ2n) is 5.25. The van der Waals surface area contributed by atoms with Crippen molar-refractivity contribution in [1.82, 2.24) is 24.8 Å².